The largest absolute Gasteiger partial charge is 0.277 e. The van der Waals surface area contributed by atoms with Gasteiger partial charge in [0, 0.05) is 11.6 Å². The topological polar surface area (TPSA) is 59.1 Å². The molecule has 0 bridgehead atoms. The zero-order valence-corrected chi connectivity index (χ0v) is 13.5. The molecule has 0 fully saturated rings. The SMILES string of the molecule is O=S(=O)(Nc1cccc2cccnc12)c1ccc(Cl)c(Cl)c1. The van der Waals surface area contributed by atoms with Crippen LogP contribution in [0, 0.1) is 0 Å². The lowest BCUT2D eigenvalue weighted by molar-refractivity contribution is 0.601. The number of pyridine rings is 1. The smallest absolute Gasteiger partial charge is 0.262 e. The van der Waals surface area contributed by atoms with E-state index >= 15 is 0 Å². The van der Waals surface area contributed by atoms with Gasteiger partial charge in [0.25, 0.3) is 10.0 Å². The third-order valence-electron chi connectivity index (χ3n) is 3.08. The Balaban J connectivity index is 2.05. The highest BCUT2D eigenvalue weighted by Crippen LogP contribution is 2.27. The molecule has 0 unspecified atom stereocenters. The molecular weight excluding hydrogens is 343 g/mol. The minimum atomic E-state index is -3.78. The number of nitrogens with one attached hydrogen (secondary N) is 1. The average Bonchev–Trinajstić information content (AvgIpc) is 2.50. The lowest BCUT2D eigenvalue weighted by Gasteiger charge is -2.10. The maximum atomic E-state index is 12.5. The zero-order valence-electron chi connectivity index (χ0n) is 11.1. The third kappa shape index (κ3) is 2.88. The van der Waals surface area contributed by atoms with Gasteiger partial charge in [-0.2, -0.15) is 0 Å². The molecule has 3 aromatic rings. The summed E-state index contributed by atoms with van der Waals surface area (Å²) >= 11 is 11.7. The molecule has 0 saturated carbocycles. The van der Waals surface area contributed by atoms with Crippen LogP contribution in [-0.2, 0) is 10.0 Å². The number of anilines is 1. The second-order valence-electron chi connectivity index (χ2n) is 4.56. The standard InChI is InChI=1S/C15H10Cl2N2O2S/c16-12-7-6-11(9-13(12)17)22(20,21)19-14-5-1-3-10-4-2-8-18-15(10)14/h1-9,19H. The summed E-state index contributed by atoms with van der Waals surface area (Å²) in [6.45, 7) is 0. The number of fused-ring (bicyclic) bond motifs is 1. The van der Waals surface area contributed by atoms with E-state index in [1.54, 1.807) is 24.4 Å². The van der Waals surface area contributed by atoms with Crippen LogP contribution in [0.2, 0.25) is 10.0 Å². The van der Waals surface area contributed by atoms with Crippen LogP contribution in [0.4, 0.5) is 5.69 Å². The summed E-state index contributed by atoms with van der Waals surface area (Å²) in [6, 6.07) is 13.1. The van der Waals surface area contributed by atoms with Crippen molar-refractivity contribution in [1.29, 1.82) is 0 Å². The van der Waals surface area contributed by atoms with Crippen LogP contribution in [0.3, 0.4) is 0 Å². The van der Waals surface area contributed by atoms with Gasteiger partial charge in [-0.25, -0.2) is 8.42 Å². The Hall–Kier alpha value is -1.82. The summed E-state index contributed by atoms with van der Waals surface area (Å²) in [4.78, 5) is 4.25. The van der Waals surface area contributed by atoms with E-state index in [-0.39, 0.29) is 9.92 Å². The molecule has 1 heterocycles. The molecule has 1 aromatic heterocycles. The molecular formula is C15H10Cl2N2O2S. The Labute approximate surface area is 137 Å². The number of hydrogen-bond donors (Lipinski definition) is 1. The Morgan fingerprint density at radius 2 is 1.73 bits per heavy atom. The molecule has 0 spiro atoms. The van der Waals surface area contributed by atoms with Gasteiger partial charge in [0.15, 0.2) is 0 Å². The van der Waals surface area contributed by atoms with Gasteiger partial charge in [-0.15, -0.1) is 0 Å². The summed E-state index contributed by atoms with van der Waals surface area (Å²) in [5, 5.41) is 1.32. The van der Waals surface area contributed by atoms with E-state index in [9.17, 15) is 8.42 Å². The first-order valence-electron chi connectivity index (χ1n) is 6.29. The van der Waals surface area contributed by atoms with E-state index in [1.807, 2.05) is 12.1 Å². The van der Waals surface area contributed by atoms with Crippen molar-refractivity contribution in [3.63, 3.8) is 0 Å². The second kappa shape index (κ2) is 5.76. The van der Waals surface area contributed by atoms with Crippen molar-refractivity contribution in [2.24, 2.45) is 0 Å². The van der Waals surface area contributed by atoms with Crippen molar-refractivity contribution in [2.45, 2.75) is 4.90 Å². The first kappa shape index (κ1) is 15.1. The maximum absolute atomic E-state index is 12.5. The molecule has 0 aliphatic rings. The number of benzene rings is 2. The van der Waals surface area contributed by atoms with Gasteiger partial charge in [-0.05, 0) is 30.3 Å². The highest BCUT2D eigenvalue weighted by Gasteiger charge is 2.17. The Bertz CT molecular complexity index is 953. The van der Waals surface area contributed by atoms with E-state index in [0.717, 1.165) is 5.39 Å². The summed E-state index contributed by atoms with van der Waals surface area (Å²) in [5.74, 6) is 0. The van der Waals surface area contributed by atoms with Crippen LogP contribution in [0.1, 0.15) is 0 Å². The van der Waals surface area contributed by atoms with Crippen molar-refractivity contribution in [2.75, 3.05) is 4.72 Å². The molecule has 7 heteroatoms. The molecule has 0 radical (unpaired) electrons. The molecule has 0 saturated heterocycles. The molecule has 2 aromatic carbocycles. The van der Waals surface area contributed by atoms with Crippen LogP contribution in [0.5, 0.6) is 0 Å². The van der Waals surface area contributed by atoms with Crippen LogP contribution >= 0.6 is 23.2 Å². The van der Waals surface area contributed by atoms with Crippen molar-refractivity contribution in [1.82, 2.24) is 4.98 Å². The fourth-order valence-electron chi connectivity index (χ4n) is 2.03. The predicted octanol–water partition coefficient (Wildman–Crippen LogP) is 4.34. The van der Waals surface area contributed by atoms with E-state index in [2.05, 4.69) is 9.71 Å². The van der Waals surface area contributed by atoms with Crippen molar-refractivity contribution in [3.8, 4) is 0 Å². The number of nitrogens with zero attached hydrogens (tertiary/aromatic N) is 1. The molecule has 0 amide bonds. The summed E-state index contributed by atoms with van der Waals surface area (Å²) < 4.78 is 27.5. The van der Waals surface area contributed by atoms with E-state index in [0.29, 0.717) is 16.2 Å². The molecule has 0 aliphatic heterocycles. The number of halogens is 2. The van der Waals surface area contributed by atoms with Gasteiger partial charge in [-0.1, -0.05) is 41.4 Å². The Morgan fingerprint density at radius 1 is 0.955 bits per heavy atom. The normalized spacial score (nSPS) is 11.5. The van der Waals surface area contributed by atoms with Gasteiger partial charge < -0.3 is 0 Å². The van der Waals surface area contributed by atoms with Crippen molar-refractivity contribution < 1.29 is 8.42 Å². The van der Waals surface area contributed by atoms with Gasteiger partial charge in [0.05, 0.1) is 26.1 Å². The summed E-state index contributed by atoms with van der Waals surface area (Å²) in [7, 11) is -3.78. The van der Waals surface area contributed by atoms with Crippen LogP contribution in [0.25, 0.3) is 10.9 Å². The highest BCUT2D eigenvalue weighted by molar-refractivity contribution is 7.92. The third-order valence-corrected chi connectivity index (χ3v) is 5.18. The minimum Gasteiger partial charge on any atom is -0.277 e. The molecule has 3 rings (SSSR count). The summed E-state index contributed by atoms with van der Waals surface area (Å²) in [5.41, 5.74) is 0.984. The highest BCUT2D eigenvalue weighted by atomic mass is 35.5. The number of para-hydroxylation sites is 1. The minimum absolute atomic E-state index is 0.0369. The molecule has 1 N–H and O–H groups in total. The maximum Gasteiger partial charge on any atom is 0.262 e. The van der Waals surface area contributed by atoms with Gasteiger partial charge in [0.2, 0.25) is 0 Å². The average molecular weight is 353 g/mol. The quantitative estimate of drug-likeness (QED) is 0.762. The van der Waals surface area contributed by atoms with E-state index in [1.165, 1.54) is 18.2 Å². The van der Waals surface area contributed by atoms with E-state index in [4.69, 9.17) is 23.2 Å². The monoisotopic (exact) mass is 352 g/mol. The molecule has 0 atom stereocenters. The number of hydrogen-bond acceptors (Lipinski definition) is 3. The first-order chi connectivity index (χ1) is 10.5. The molecule has 4 nitrogen and oxygen atoms in total. The van der Waals surface area contributed by atoms with E-state index < -0.39 is 10.0 Å². The van der Waals surface area contributed by atoms with Crippen molar-refractivity contribution >= 4 is 49.8 Å². The fourth-order valence-corrected chi connectivity index (χ4v) is 3.49. The Morgan fingerprint density at radius 3 is 2.50 bits per heavy atom. The Kier molecular flexibility index (Phi) is 3.95. The van der Waals surface area contributed by atoms with Crippen LogP contribution in [0.15, 0.2) is 59.6 Å². The molecule has 22 heavy (non-hydrogen) atoms. The number of sulfonamides is 1. The lowest BCUT2D eigenvalue weighted by Crippen LogP contribution is -2.13. The van der Waals surface area contributed by atoms with Gasteiger partial charge >= 0.3 is 0 Å². The number of aromatic nitrogens is 1. The summed E-state index contributed by atoms with van der Waals surface area (Å²) in [6.07, 6.45) is 1.61. The zero-order chi connectivity index (χ0) is 15.7. The fraction of sp³-hybridized carbons (Fsp3) is 0. The predicted molar refractivity (Wildman–Crippen MR) is 89.0 cm³/mol. The van der Waals surface area contributed by atoms with Crippen LogP contribution < -0.4 is 4.72 Å². The van der Waals surface area contributed by atoms with Crippen molar-refractivity contribution in [3.05, 3.63) is 64.8 Å². The first-order valence-corrected chi connectivity index (χ1v) is 8.53. The second-order valence-corrected chi connectivity index (χ2v) is 7.06. The van der Waals surface area contributed by atoms with Gasteiger partial charge in [0.1, 0.15) is 0 Å². The number of rotatable bonds is 3. The molecule has 0 aliphatic carbocycles. The molecule has 112 valence electrons. The van der Waals surface area contributed by atoms with Gasteiger partial charge in [-0.3, -0.25) is 9.71 Å². The van der Waals surface area contributed by atoms with Crippen LogP contribution in [-0.4, -0.2) is 13.4 Å². The lowest BCUT2D eigenvalue weighted by atomic mass is 10.2.